The fraction of sp³-hybridized carbons (Fsp3) is 0.545. The first kappa shape index (κ1) is 20.1. The molecule has 1 aliphatic carbocycles. The van der Waals surface area contributed by atoms with Gasteiger partial charge in [0, 0.05) is 10.0 Å². The van der Waals surface area contributed by atoms with E-state index in [2.05, 4.69) is 15.9 Å². The highest BCUT2D eigenvalue weighted by molar-refractivity contribution is 9.10. The molecule has 1 fully saturated rings. The van der Waals surface area contributed by atoms with Crippen molar-refractivity contribution in [2.75, 3.05) is 0 Å². The van der Waals surface area contributed by atoms with Gasteiger partial charge in [-0.05, 0) is 77.5 Å². The summed E-state index contributed by atoms with van der Waals surface area (Å²) in [5, 5.41) is 0. The molecule has 0 atom stereocenters. The number of esters is 2. The number of hydrogen-bond acceptors (Lipinski definition) is 4. The smallest absolute Gasteiger partial charge is 0.343 e. The van der Waals surface area contributed by atoms with E-state index < -0.39 is 17.0 Å². The predicted molar refractivity (Wildman–Crippen MR) is 108 cm³/mol. The van der Waals surface area contributed by atoms with Crippen LogP contribution in [0.1, 0.15) is 69.6 Å². The lowest BCUT2D eigenvalue weighted by atomic mass is 9.82. The van der Waals surface area contributed by atoms with Gasteiger partial charge in [-0.3, -0.25) is 4.79 Å². The van der Waals surface area contributed by atoms with Gasteiger partial charge in [0.2, 0.25) is 0 Å². The standard InChI is InChI=1S/C22H27BrO4/c1-13-11-14(2)16(15(23)12-13)17-18(26-20(25)21(3,4)5)22(27-19(17)24)9-7-6-8-10-22/h11-12H,6-10H2,1-5H3. The van der Waals surface area contributed by atoms with E-state index in [9.17, 15) is 9.59 Å². The molecule has 1 aliphatic heterocycles. The molecule has 5 heteroatoms. The maximum Gasteiger partial charge on any atom is 0.343 e. The molecular weight excluding hydrogens is 408 g/mol. The zero-order chi connectivity index (χ0) is 20.0. The van der Waals surface area contributed by atoms with Crippen LogP contribution in [-0.4, -0.2) is 17.5 Å². The minimum absolute atomic E-state index is 0.348. The van der Waals surface area contributed by atoms with Crippen LogP contribution in [-0.2, 0) is 19.1 Å². The van der Waals surface area contributed by atoms with E-state index in [1.165, 1.54) is 0 Å². The van der Waals surface area contributed by atoms with Crippen LogP contribution < -0.4 is 0 Å². The predicted octanol–water partition coefficient (Wildman–Crippen LogP) is 5.63. The number of rotatable bonds is 2. The van der Waals surface area contributed by atoms with Gasteiger partial charge < -0.3 is 9.47 Å². The molecule has 1 aromatic carbocycles. The average molecular weight is 435 g/mol. The number of benzene rings is 1. The molecule has 0 N–H and O–H groups in total. The van der Waals surface area contributed by atoms with Gasteiger partial charge in [-0.2, -0.15) is 0 Å². The molecule has 0 saturated heterocycles. The highest BCUT2D eigenvalue weighted by Gasteiger charge is 2.52. The van der Waals surface area contributed by atoms with E-state index in [0.717, 1.165) is 40.4 Å². The summed E-state index contributed by atoms with van der Waals surface area (Å²) >= 11 is 3.60. The SMILES string of the molecule is Cc1cc(C)c(C2=C(OC(=O)C(C)(C)C)C3(CCCCC3)OC2=O)c(Br)c1. The molecule has 0 amide bonds. The molecule has 1 saturated carbocycles. The summed E-state index contributed by atoms with van der Waals surface area (Å²) in [5.41, 5.74) is 1.70. The van der Waals surface area contributed by atoms with Crippen LogP contribution in [0.15, 0.2) is 22.4 Å². The maximum absolute atomic E-state index is 13.0. The van der Waals surface area contributed by atoms with Crippen LogP contribution in [0.3, 0.4) is 0 Å². The topological polar surface area (TPSA) is 52.6 Å². The summed E-state index contributed by atoms with van der Waals surface area (Å²) < 4.78 is 12.6. The summed E-state index contributed by atoms with van der Waals surface area (Å²) in [6, 6.07) is 3.99. The van der Waals surface area contributed by atoms with E-state index in [1.807, 2.05) is 46.8 Å². The Morgan fingerprint density at radius 3 is 2.33 bits per heavy atom. The highest BCUT2D eigenvalue weighted by atomic mass is 79.9. The molecule has 146 valence electrons. The Labute approximate surface area is 169 Å². The third-order valence-electron chi connectivity index (χ3n) is 5.28. The molecule has 0 aromatic heterocycles. The van der Waals surface area contributed by atoms with Gasteiger partial charge in [0.15, 0.2) is 11.4 Å². The van der Waals surface area contributed by atoms with Crippen LogP contribution in [0.5, 0.6) is 0 Å². The molecule has 1 spiro atoms. The van der Waals surface area contributed by atoms with Crippen molar-refractivity contribution in [3.63, 3.8) is 0 Å². The summed E-state index contributed by atoms with van der Waals surface area (Å²) in [6.45, 7) is 9.41. The monoisotopic (exact) mass is 434 g/mol. The average Bonchev–Trinajstić information content (AvgIpc) is 2.79. The van der Waals surface area contributed by atoms with Crippen molar-refractivity contribution < 1.29 is 19.1 Å². The molecule has 27 heavy (non-hydrogen) atoms. The molecule has 4 nitrogen and oxygen atoms in total. The van der Waals surface area contributed by atoms with Crippen molar-refractivity contribution in [3.8, 4) is 0 Å². The maximum atomic E-state index is 13.0. The Kier molecular flexibility index (Phi) is 5.28. The molecule has 1 heterocycles. The molecular formula is C22H27BrO4. The number of carbonyl (C=O) groups excluding carboxylic acids is 2. The van der Waals surface area contributed by atoms with Crippen molar-refractivity contribution in [1.29, 1.82) is 0 Å². The zero-order valence-electron chi connectivity index (χ0n) is 16.7. The molecule has 2 aliphatic rings. The molecule has 3 rings (SSSR count). The summed E-state index contributed by atoms with van der Waals surface area (Å²) in [7, 11) is 0. The lowest BCUT2D eigenvalue weighted by molar-refractivity contribution is -0.159. The Morgan fingerprint density at radius 1 is 1.15 bits per heavy atom. The second kappa shape index (κ2) is 7.08. The van der Waals surface area contributed by atoms with Gasteiger partial charge in [0.05, 0.1) is 5.41 Å². The number of ether oxygens (including phenoxy) is 2. The number of hydrogen-bond donors (Lipinski definition) is 0. The van der Waals surface area contributed by atoms with Crippen molar-refractivity contribution >= 4 is 33.4 Å². The van der Waals surface area contributed by atoms with Gasteiger partial charge in [0.25, 0.3) is 0 Å². The van der Waals surface area contributed by atoms with Crippen LogP contribution >= 0.6 is 15.9 Å². The molecule has 0 unspecified atom stereocenters. The van der Waals surface area contributed by atoms with Crippen LogP contribution in [0.2, 0.25) is 0 Å². The Hall–Kier alpha value is -1.62. The zero-order valence-corrected chi connectivity index (χ0v) is 18.3. The third-order valence-corrected chi connectivity index (χ3v) is 5.91. The summed E-state index contributed by atoms with van der Waals surface area (Å²) in [5.74, 6) is -0.347. The summed E-state index contributed by atoms with van der Waals surface area (Å²) in [6.07, 6.45) is 4.38. The van der Waals surface area contributed by atoms with Gasteiger partial charge in [-0.1, -0.05) is 28.4 Å². The van der Waals surface area contributed by atoms with Crippen LogP contribution in [0.25, 0.3) is 5.57 Å². The Balaban J connectivity index is 2.21. The quantitative estimate of drug-likeness (QED) is 0.566. The number of aryl methyl sites for hydroxylation is 2. The highest BCUT2D eigenvalue weighted by Crippen LogP contribution is 2.49. The second-order valence-electron chi connectivity index (χ2n) is 8.73. The third kappa shape index (κ3) is 3.71. The normalized spacial score (nSPS) is 19.4. The molecule has 0 bridgehead atoms. The van der Waals surface area contributed by atoms with Crippen LogP contribution in [0.4, 0.5) is 0 Å². The summed E-state index contributed by atoms with van der Waals surface area (Å²) in [4.78, 5) is 25.7. The van der Waals surface area contributed by atoms with Gasteiger partial charge in [0.1, 0.15) is 5.57 Å². The minimum atomic E-state index is -0.817. The number of halogens is 1. The van der Waals surface area contributed by atoms with Gasteiger partial charge in [-0.15, -0.1) is 0 Å². The van der Waals surface area contributed by atoms with E-state index in [1.54, 1.807) is 0 Å². The van der Waals surface area contributed by atoms with E-state index >= 15 is 0 Å². The van der Waals surface area contributed by atoms with E-state index in [-0.39, 0.29) is 5.97 Å². The van der Waals surface area contributed by atoms with Crippen LogP contribution in [0, 0.1) is 19.3 Å². The van der Waals surface area contributed by atoms with Gasteiger partial charge in [-0.25, -0.2) is 4.79 Å². The first-order valence-corrected chi connectivity index (χ1v) is 10.3. The fourth-order valence-corrected chi connectivity index (χ4v) is 4.76. The van der Waals surface area contributed by atoms with E-state index in [0.29, 0.717) is 24.2 Å². The minimum Gasteiger partial charge on any atom is -0.447 e. The Morgan fingerprint density at radius 2 is 1.78 bits per heavy atom. The lowest BCUT2D eigenvalue weighted by Crippen LogP contribution is -2.37. The van der Waals surface area contributed by atoms with Crippen molar-refractivity contribution in [1.82, 2.24) is 0 Å². The fourth-order valence-electron chi connectivity index (χ4n) is 3.89. The number of carbonyl (C=O) groups is 2. The van der Waals surface area contributed by atoms with Crippen molar-refractivity contribution in [2.24, 2.45) is 5.41 Å². The second-order valence-corrected chi connectivity index (χ2v) is 9.58. The lowest BCUT2D eigenvalue weighted by Gasteiger charge is -2.34. The first-order valence-electron chi connectivity index (χ1n) is 9.53. The largest absolute Gasteiger partial charge is 0.447 e. The Bertz CT molecular complexity index is 800. The van der Waals surface area contributed by atoms with Crippen molar-refractivity contribution in [3.05, 3.63) is 39.1 Å². The molecule has 0 radical (unpaired) electrons. The van der Waals surface area contributed by atoms with Gasteiger partial charge >= 0.3 is 11.9 Å². The molecule has 1 aromatic rings. The van der Waals surface area contributed by atoms with Crippen molar-refractivity contribution in [2.45, 2.75) is 72.3 Å². The van der Waals surface area contributed by atoms with E-state index in [4.69, 9.17) is 9.47 Å². The first-order chi connectivity index (χ1) is 12.5.